The Kier molecular flexibility index (Phi) is 2.52. The van der Waals surface area contributed by atoms with Gasteiger partial charge >= 0.3 is 0 Å². The van der Waals surface area contributed by atoms with Gasteiger partial charge in [-0.25, -0.2) is 9.37 Å². The van der Waals surface area contributed by atoms with E-state index >= 15 is 0 Å². The lowest BCUT2D eigenvalue weighted by atomic mass is 9.90. The van der Waals surface area contributed by atoms with Crippen molar-refractivity contribution in [2.45, 2.75) is 12.5 Å². The van der Waals surface area contributed by atoms with Crippen LogP contribution in [0.4, 0.5) is 4.39 Å². The summed E-state index contributed by atoms with van der Waals surface area (Å²) in [6, 6.07) is 6.33. The van der Waals surface area contributed by atoms with Gasteiger partial charge in [0.05, 0.1) is 23.8 Å². The molecule has 4 heteroatoms. The molecule has 0 radical (unpaired) electrons. The molecular weight excluding hydrogens is 205 g/mol. The lowest BCUT2D eigenvalue weighted by molar-refractivity contribution is 0.545. The van der Waals surface area contributed by atoms with E-state index in [9.17, 15) is 4.39 Å². The first kappa shape index (κ1) is 10.8. The minimum absolute atomic E-state index is 0.281. The smallest absolute Gasteiger partial charge is 0.123 e. The normalized spacial score (nSPS) is 14.8. The molecule has 0 aliphatic carbocycles. The number of benzene rings is 1. The molecule has 16 heavy (non-hydrogen) atoms. The molecule has 1 heterocycles. The second kappa shape index (κ2) is 3.72. The largest absolute Gasteiger partial charge is 0.336 e. The van der Waals surface area contributed by atoms with Crippen molar-refractivity contribution < 1.29 is 4.39 Å². The summed E-state index contributed by atoms with van der Waals surface area (Å²) in [5.41, 5.74) is 7.08. The average molecular weight is 219 g/mol. The Morgan fingerprint density at radius 1 is 1.44 bits per heavy atom. The molecule has 2 N–H and O–H groups in total. The van der Waals surface area contributed by atoms with Crippen molar-refractivity contribution in [3.05, 3.63) is 53.9 Å². The second-order valence-electron chi connectivity index (χ2n) is 4.10. The Bertz CT molecular complexity index is 502. The Morgan fingerprint density at radius 2 is 2.19 bits per heavy atom. The molecule has 0 saturated heterocycles. The first-order valence-corrected chi connectivity index (χ1v) is 5.03. The molecule has 2 rings (SSSR count). The third-order valence-electron chi connectivity index (χ3n) is 2.77. The van der Waals surface area contributed by atoms with Crippen molar-refractivity contribution in [3.63, 3.8) is 0 Å². The van der Waals surface area contributed by atoms with E-state index < -0.39 is 5.54 Å². The molecule has 1 aromatic carbocycles. The van der Waals surface area contributed by atoms with Crippen LogP contribution in [0.25, 0.3) is 0 Å². The Hall–Kier alpha value is -1.68. The van der Waals surface area contributed by atoms with Crippen LogP contribution in [-0.4, -0.2) is 9.55 Å². The van der Waals surface area contributed by atoms with Gasteiger partial charge in [0.1, 0.15) is 5.82 Å². The third kappa shape index (κ3) is 1.72. The maximum atomic E-state index is 13.2. The molecule has 2 aromatic rings. The van der Waals surface area contributed by atoms with Gasteiger partial charge < -0.3 is 10.3 Å². The number of halogens is 1. The molecule has 84 valence electrons. The van der Waals surface area contributed by atoms with Gasteiger partial charge in [0.15, 0.2) is 0 Å². The van der Waals surface area contributed by atoms with E-state index in [4.69, 9.17) is 5.73 Å². The first-order chi connectivity index (χ1) is 7.51. The molecule has 1 aromatic heterocycles. The molecule has 1 atom stereocenters. The molecule has 0 saturated carbocycles. The van der Waals surface area contributed by atoms with Crippen LogP contribution in [0.5, 0.6) is 0 Å². The van der Waals surface area contributed by atoms with E-state index in [-0.39, 0.29) is 5.82 Å². The quantitative estimate of drug-likeness (QED) is 0.836. The van der Waals surface area contributed by atoms with Gasteiger partial charge in [-0.1, -0.05) is 12.1 Å². The summed E-state index contributed by atoms with van der Waals surface area (Å²) in [6.07, 6.45) is 3.38. The topological polar surface area (TPSA) is 43.8 Å². The summed E-state index contributed by atoms with van der Waals surface area (Å²) in [6.45, 7) is 1.85. The van der Waals surface area contributed by atoms with Gasteiger partial charge in [-0.05, 0) is 24.6 Å². The molecule has 3 nitrogen and oxygen atoms in total. The zero-order valence-corrected chi connectivity index (χ0v) is 9.31. The van der Waals surface area contributed by atoms with Crippen molar-refractivity contribution in [1.29, 1.82) is 0 Å². The Balaban J connectivity index is 2.51. The number of rotatable bonds is 2. The first-order valence-electron chi connectivity index (χ1n) is 5.03. The van der Waals surface area contributed by atoms with E-state index in [0.717, 1.165) is 11.3 Å². The Morgan fingerprint density at radius 3 is 2.75 bits per heavy atom. The van der Waals surface area contributed by atoms with Gasteiger partial charge in [0.25, 0.3) is 0 Å². The highest BCUT2D eigenvalue weighted by Gasteiger charge is 2.26. The zero-order valence-electron chi connectivity index (χ0n) is 9.31. The molecule has 0 aliphatic heterocycles. The predicted molar refractivity (Wildman–Crippen MR) is 60.2 cm³/mol. The zero-order chi connectivity index (χ0) is 11.8. The van der Waals surface area contributed by atoms with E-state index in [2.05, 4.69) is 4.98 Å². The lowest BCUT2D eigenvalue weighted by Crippen LogP contribution is -2.36. The Labute approximate surface area is 93.7 Å². The summed E-state index contributed by atoms with van der Waals surface area (Å²) in [5.74, 6) is -0.281. The standard InChI is InChI=1S/C12H14FN3/c1-12(14,11-7-15-8-16(11)2)9-4-3-5-10(13)6-9/h3-8H,14H2,1-2H3. The second-order valence-corrected chi connectivity index (χ2v) is 4.10. The van der Waals surface area contributed by atoms with Crippen LogP contribution < -0.4 is 5.73 Å². The van der Waals surface area contributed by atoms with Crippen LogP contribution in [0.1, 0.15) is 18.2 Å². The van der Waals surface area contributed by atoms with Gasteiger partial charge in [-0.2, -0.15) is 0 Å². The van der Waals surface area contributed by atoms with Crippen molar-refractivity contribution in [3.8, 4) is 0 Å². The lowest BCUT2D eigenvalue weighted by Gasteiger charge is -2.25. The van der Waals surface area contributed by atoms with Gasteiger partial charge in [0, 0.05) is 7.05 Å². The molecule has 0 aliphatic rings. The van der Waals surface area contributed by atoms with Crippen LogP contribution in [-0.2, 0) is 12.6 Å². The van der Waals surface area contributed by atoms with Crippen LogP contribution in [0.2, 0.25) is 0 Å². The van der Waals surface area contributed by atoms with Gasteiger partial charge in [-0.3, -0.25) is 0 Å². The summed E-state index contributed by atoms with van der Waals surface area (Å²) < 4.78 is 15.0. The van der Waals surface area contributed by atoms with Crippen molar-refractivity contribution in [1.82, 2.24) is 9.55 Å². The molecule has 0 bridgehead atoms. The maximum Gasteiger partial charge on any atom is 0.123 e. The number of hydrogen-bond donors (Lipinski definition) is 1. The van der Waals surface area contributed by atoms with Gasteiger partial charge in [0.2, 0.25) is 0 Å². The number of hydrogen-bond acceptors (Lipinski definition) is 2. The van der Waals surface area contributed by atoms with E-state index in [1.54, 1.807) is 18.6 Å². The summed E-state index contributed by atoms with van der Waals surface area (Å²) in [7, 11) is 1.87. The predicted octanol–water partition coefficient (Wildman–Crippen LogP) is 1.78. The highest BCUT2D eigenvalue weighted by Crippen LogP contribution is 2.26. The molecule has 0 fully saturated rings. The fraction of sp³-hybridized carbons (Fsp3) is 0.250. The minimum atomic E-state index is -0.743. The molecular formula is C12H14FN3. The molecule has 1 unspecified atom stereocenters. The number of nitrogens with two attached hydrogens (primary N) is 1. The van der Waals surface area contributed by atoms with E-state index in [1.165, 1.54) is 12.1 Å². The fourth-order valence-electron chi connectivity index (χ4n) is 1.82. The maximum absolute atomic E-state index is 13.2. The highest BCUT2D eigenvalue weighted by atomic mass is 19.1. The highest BCUT2D eigenvalue weighted by molar-refractivity contribution is 5.32. The van der Waals surface area contributed by atoms with Crippen molar-refractivity contribution >= 4 is 0 Å². The molecule has 0 spiro atoms. The third-order valence-corrected chi connectivity index (χ3v) is 2.77. The van der Waals surface area contributed by atoms with Crippen LogP contribution in [0.15, 0.2) is 36.8 Å². The van der Waals surface area contributed by atoms with Crippen molar-refractivity contribution in [2.24, 2.45) is 12.8 Å². The number of nitrogens with zero attached hydrogens (tertiary/aromatic N) is 2. The SMILES string of the molecule is Cn1cncc1C(C)(N)c1cccc(F)c1. The van der Waals surface area contributed by atoms with Crippen LogP contribution in [0.3, 0.4) is 0 Å². The average Bonchev–Trinajstić information content (AvgIpc) is 2.65. The van der Waals surface area contributed by atoms with E-state index in [1.807, 2.05) is 24.6 Å². The van der Waals surface area contributed by atoms with Gasteiger partial charge in [-0.15, -0.1) is 0 Å². The fourth-order valence-corrected chi connectivity index (χ4v) is 1.82. The number of imidazole rings is 1. The van der Waals surface area contributed by atoms with Crippen LogP contribution >= 0.6 is 0 Å². The minimum Gasteiger partial charge on any atom is -0.336 e. The monoisotopic (exact) mass is 219 g/mol. The van der Waals surface area contributed by atoms with Crippen molar-refractivity contribution in [2.75, 3.05) is 0 Å². The van der Waals surface area contributed by atoms with Crippen LogP contribution in [0, 0.1) is 5.82 Å². The number of aromatic nitrogens is 2. The van der Waals surface area contributed by atoms with E-state index in [0.29, 0.717) is 0 Å². The summed E-state index contributed by atoms with van der Waals surface area (Å²) in [5, 5.41) is 0. The molecule has 0 amide bonds. The summed E-state index contributed by atoms with van der Waals surface area (Å²) >= 11 is 0. The summed E-state index contributed by atoms with van der Waals surface area (Å²) in [4.78, 5) is 4.03. The number of aryl methyl sites for hydroxylation is 1.